The molecule has 0 fully saturated rings. The molecule has 98 valence electrons. The molecular weight excluding hydrogens is 226 g/mol. The second-order valence-corrected chi connectivity index (χ2v) is 5.01. The van der Waals surface area contributed by atoms with Crippen LogP contribution in [-0.2, 0) is 6.54 Å². The van der Waals surface area contributed by atoms with Gasteiger partial charge in [-0.1, -0.05) is 19.1 Å². The van der Waals surface area contributed by atoms with Crippen molar-refractivity contribution in [3.63, 3.8) is 0 Å². The summed E-state index contributed by atoms with van der Waals surface area (Å²) in [5, 5.41) is 13.0. The number of para-hydroxylation sites is 2. The lowest BCUT2D eigenvalue weighted by Crippen LogP contribution is -2.49. The molecule has 2 aromatic rings. The number of nitrogens with one attached hydrogen (secondary N) is 1. The summed E-state index contributed by atoms with van der Waals surface area (Å²) in [5.41, 5.74) is 1.79. The second kappa shape index (κ2) is 5.50. The predicted molar refractivity (Wildman–Crippen MR) is 73.5 cm³/mol. The van der Waals surface area contributed by atoms with E-state index in [9.17, 15) is 5.11 Å². The molecule has 0 radical (unpaired) electrons. The third-order valence-corrected chi connectivity index (χ3v) is 3.20. The van der Waals surface area contributed by atoms with Gasteiger partial charge in [0.2, 0.25) is 0 Å². The summed E-state index contributed by atoms with van der Waals surface area (Å²) < 4.78 is 2.09. The average Bonchev–Trinajstić information content (AvgIpc) is 2.80. The zero-order valence-electron chi connectivity index (χ0n) is 11.1. The number of aromatic nitrogens is 2. The van der Waals surface area contributed by atoms with Crippen molar-refractivity contribution in [2.75, 3.05) is 13.2 Å². The molecule has 1 unspecified atom stereocenters. The largest absolute Gasteiger partial charge is 0.394 e. The molecule has 0 amide bonds. The van der Waals surface area contributed by atoms with Crippen molar-refractivity contribution in [1.29, 1.82) is 0 Å². The van der Waals surface area contributed by atoms with Crippen LogP contribution in [0, 0.1) is 0 Å². The molecule has 18 heavy (non-hydrogen) atoms. The average molecular weight is 247 g/mol. The van der Waals surface area contributed by atoms with Crippen LogP contribution in [0.1, 0.15) is 20.3 Å². The lowest BCUT2D eigenvalue weighted by molar-refractivity contribution is 0.158. The third-order valence-electron chi connectivity index (χ3n) is 3.20. The molecule has 0 aliphatic carbocycles. The topological polar surface area (TPSA) is 50.1 Å². The summed E-state index contributed by atoms with van der Waals surface area (Å²) in [6.45, 7) is 5.89. The van der Waals surface area contributed by atoms with E-state index in [2.05, 4.69) is 27.9 Å². The number of aliphatic hydroxyl groups excluding tert-OH is 1. The van der Waals surface area contributed by atoms with Gasteiger partial charge in [-0.05, 0) is 32.0 Å². The van der Waals surface area contributed by atoms with Crippen LogP contribution >= 0.6 is 0 Å². The van der Waals surface area contributed by atoms with Gasteiger partial charge in [-0.2, -0.15) is 0 Å². The van der Waals surface area contributed by atoms with Gasteiger partial charge in [0.25, 0.3) is 0 Å². The Bertz CT molecular complexity index is 508. The Kier molecular flexibility index (Phi) is 3.99. The summed E-state index contributed by atoms with van der Waals surface area (Å²) in [5.74, 6) is 0. The molecule has 0 spiro atoms. The van der Waals surface area contributed by atoms with Gasteiger partial charge in [0.05, 0.1) is 29.5 Å². The van der Waals surface area contributed by atoms with Crippen LogP contribution in [0.4, 0.5) is 0 Å². The van der Waals surface area contributed by atoms with Crippen LogP contribution in [0.15, 0.2) is 30.6 Å². The normalized spacial score (nSPS) is 14.8. The number of hydrogen-bond donors (Lipinski definition) is 2. The van der Waals surface area contributed by atoms with Crippen molar-refractivity contribution >= 4 is 11.0 Å². The maximum absolute atomic E-state index is 9.59. The number of hydrogen-bond acceptors (Lipinski definition) is 3. The number of fused-ring (bicyclic) bond motifs is 1. The summed E-state index contributed by atoms with van der Waals surface area (Å²) in [6.07, 6.45) is 2.90. The molecule has 1 aromatic carbocycles. The van der Waals surface area contributed by atoms with Crippen molar-refractivity contribution in [3.8, 4) is 0 Å². The lowest BCUT2D eigenvalue weighted by atomic mass is 10.0. The smallest absolute Gasteiger partial charge is 0.0958 e. The Morgan fingerprint density at radius 2 is 2.17 bits per heavy atom. The van der Waals surface area contributed by atoms with Gasteiger partial charge >= 0.3 is 0 Å². The molecule has 2 rings (SSSR count). The highest BCUT2D eigenvalue weighted by atomic mass is 16.3. The van der Waals surface area contributed by atoms with E-state index in [4.69, 9.17) is 0 Å². The van der Waals surface area contributed by atoms with E-state index in [0.29, 0.717) is 6.54 Å². The minimum atomic E-state index is -0.306. The van der Waals surface area contributed by atoms with Gasteiger partial charge in [-0.25, -0.2) is 4.98 Å². The molecule has 1 aromatic heterocycles. The Morgan fingerprint density at radius 3 is 2.89 bits per heavy atom. The van der Waals surface area contributed by atoms with E-state index in [-0.39, 0.29) is 12.1 Å². The van der Waals surface area contributed by atoms with Crippen LogP contribution in [0.3, 0.4) is 0 Å². The summed E-state index contributed by atoms with van der Waals surface area (Å²) >= 11 is 0. The SMILES string of the molecule is CCCNC(C)(CO)Cn1cnc2ccccc21. The van der Waals surface area contributed by atoms with E-state index < -0.39 is 0 Å². The molecule has 1 atom stereocenters. The first kappa shape index (κ1) is 13.1. The van der Waals surface area contributed by atoms with E-state index in [1.165, 1.54) is 0 Å². The van der Waals surface area contributed by atoms with Crippen molar-refractivity contribution in [2.24, 2.45) is 0 Å². The minimum Gasteiger partial charge on any atom is -0.394 e. The molecule has 4 nitrogen and oxygen atoms in total. The van der Waals surface area contributed by atoms with Crippen LogP contribution in [0.2, 0.25) is 0 Å². The van der Waals surface area contributed by atoms with Crippen LogP contribution in [0.25, 0.3) is 11.0 Å². The highest BCUT2D eigenvalue weighted by molar-refractivity contribution is 5.74. The predicted octanol–water partition coefficient (Wildman–Crippen LogP) is 1.79. The summed E-state index contributed by atoms with van der Waals surface area (Å²) in [4.78, 5) is 4.37. The quantitative estimate of drug-likeness (QED) is 0.818. The summed E-state index contributed by atoms with van der Waals surface area (Å²) in [6, 6.07) is 8.05. The maximum atomic E-state index is 9.59. The second-order valence-electron chi connectivity index (χ2n) is 5.01. The maximum Gasteiger partial charge on any atom is 0.0958 e. The van der Waals surface area contributed by atoms with Gasteiger partial charge in [-0.3, -0.25) is 0 Å². The molecule has 1 heterocycles. The molecule has 0 saturated heterocycles. The molecule has 2 N–H and O–H groups in total. The molecule has 0 aliphatic heterocycles. The standard InChI is InChI=1S/C14H21N3O/c1-3-8-16-14(2,10-18)9-17-11-15-12-6-4-5-7-13(12)17/h4-7,11,16,18H,3,8-10H2,1-2H3. The molecule has 0 aliphatic rings. The number of benzene rings is 1. The van der Waals surface area contributed by atoms with Crippen LogP contribution in [-0.4, -0.2) is 33.3 Å². The highest BCUT2D eigenvalue weighted by Crippen LogP contribution is 2.15. The molecule has 4 heteroatoms. The third kappa shape index (κ3) is 2.71. The molecule has 0 bridgehead atoms. The van der Waals surface area contributed by atoms with Gasteiger partial charge in [0.15, 0.2) is 0 Å². The van der Waals surface area contributed by atoms with Crippen LogP contribution in [0.5, 0.6) is 0 Å². The zero-order chi connectivity index (χ0) is 13.0. The highest BCUT2D eigenvalue weighted by Gasteiger charge is 2.23. The number of aliphatic hydroxyl groups is 1. The Morgan fingerprint density at radius 1 is 1.39 bits per heavy atom. The van der Waals surface area contributed by atoms with E-state index >= 15 is 0 Å². The van der Waals surface area contributed by atoms with Crippen molar-refractivity contribution < 1.29 is 5.11 Å². The van der Waals surface area contributed by atoms with Crippen molar-refractivity contribution in [1.82, 2.24) is 14.9 Å². The Labute approximate surface area is 108 Å². The van der Waals surface area contributed by atoms with Gasteiger partial charge in [0, 0.05) is 6.54 Å². The Hall–Kier alpha value is -1.39. The first-order chi connectivity index (χ1) is 8.68. The minimum absolute atomic E-state index is 0.111. The summed E-state index contributed by atoms with van der Waals surface area (Å²) in [7, 11) is 0. The number of rotatable bonds is 6. The lowest BCUT2D eigenvalue weighted by Gasteiger charge is -2.29. The van der Waals surface area contributed by atoms with Gasteiger partial charge in [-0.15, -0.1) is 0 Å². The molecular formula is C14H21N3O. The fourth-order valence-electron chi connectivity index (χ4n) is 2.10. The van der Waals surface area contributed by atoms with Crippen molar-refractivity contribution in [2.45, 2.75) is 32.4 Å². The van der Waals surface area contributed by atoms with E-state index in [1.54, 1.807) is 0 Å². The fraction of sp³-hybridized carbons (Fsp3) is 0.500. The van der Waals surface area contributed by atoms with Gasteiger partial charge < -0.3 is 15.0 Å². The van der Waals surface area contributed by atoms with E-state index in [1.807, 2.05) is 31.5 Å². The zero-order valence-corrected chi connectivity index (χ0v) is 11.1. The first-order valence-electron chi connectivity index (χ1n) is 6.44. The Balaban J connectivity index is 2.21. The number of nitrogens with zero attached hydrogens (tertiary/aromatic N) is 2. The monoisotopic (exact) mass is 247 g/mol. The first-order valence-corrected chi connectivity index (χ1v) is 6.44. The molecule has 0 saturated carbocycles. The van der Waals surface area contributed by atoms with Gasteiger partial charge in [0.1, 0.15) is 0 Å². The fourth-order valence-corrected chi connectivity index (χ4v) is 2.10. The van der Waals surface area contributed by atoms with Crippen molar-refractivity contribution in [3.05, 3.63) is 30.6 Å². The van der Waals surface area contributed by atoms with E-state index in [0.717, 1.165) is 24.0 Å². The van der Waals surface area contributed by atoms with Crippen LogP contribution < -0.4 is 5.32 Å². The number of imidazole rings is 1.